The van der Waals surface area contributed by atoms with Gasteiger partial charge in [0.1, 0.15) is 23.6 Å². The summed E-state index contributed by atoms with van der Waals surface area (Å²) in [4.78, 5) is 26.8. The Morgan fingerprint density at radius 2 is 1.93 bits per heavy atom. The second-order valence-corrected chi connectivity index (χ2v) is 9.78. The van der Waals surface area contributed by atoms with E-state index in [4.69, 9.17) is 15.2 Å². The quantitative estimate of drug-likeness (QED) is 0.576. The van der Waals surface area contributed by atoms with Gasteiger partial charge in [-0.25, -0.2) is 4.79 Å². The average molecular weight is 421 g/mol. The van der Waals surface area contributed by atoms with E-state index >= 15 is 0 Å². The van der Waals surface area contributed by atoms with Crippen molar-refractivity contribution in [3.8, 4) is 5.75 Å². The fourth-order valence-electron chi connectivity index (χ4n) is 4.36. The minimum Gasteiger partial charge on any atom is -0.487 e. The lowest BCUT2D eigenvalue weighted by Crippen LogP contribution is -2.56. The van der Waals surface area contributed by atoms with Crippen LogP contribution in [0.2, 0.25) is 0 Å². The molecule has 30 heavy (non-hydrogen) atoms. The van der Waals surface area contributed by atoms with Crippen molar-refractivity contribution in [2.45, 2.75) is 52.7 Å². The molecule has 0 aromatic heterocycles. The van der Waals surface area contributed by atoms with E-state index in [0.29, 0.717) is 38.3 Å². The fraction of sp³-hybridized carbons (Fsp3) is 0.667. The van der Waals surface area contributed by atoms with Crippen molar-refractivity contribution in [3.63, 3.8) is 0 Å². The maximum atomic E-state index is 11.7. The van der Waals surface area contributed by atoms with Crippen molar-refractivity contribution in [2.75, 3.05) is 37.7 Å². The molecule has 1 atom stereocenters. The molecule has 0 radical (unpaired) electrons. The topological polar surface area (TPSA) is 111 Å². The van der Waals surface area contributed by atoms with E-state index < -0.39 is 6.09 Å². The first-order valence-corrected chi connectivity index (χ1v) is 10.3. The van der Waals surface area contributed by atoms with Crippen LogP contribution in [0.3, 0.4) is 0 Å². The largest absolute Gasteiger partial charge is 0.487 e. The molecule has 0 aliphatic carbocycles. The highest BCUT2D eigenvalue weighted by atomic mass is 16.6. The summed E-state index contributed by atoms with van der Waals surface area (Å²) in [5.41, 5.74) is 6.28. The first-order chi connectivity index (χ1) is 13.9. The van der Waals surface area contributed by atoms with E-state index in [1.54, 1.807) is 6.07 Å². The van der Waals surface area contributed by atoms with Crippen LogP contribution in [0, 0.1) is 15.5 Å². The monoisotopic (exact) mass is 420 g/mol. The average Bonchev–Trinajstić information content (AvgIpc) is 2.92. The molecular weight excluding hydrogens is 388 g/mol. The van der Waals surface area contributed by atoms with Crippen LogP contribution in [0.25, 0.3) is 0 Å². The number of anilines is 1. The summed E-state index contributed by atoms with van der Waals surface area (Å²) in [6.07, 6.45) is -0.121. The van der Waals surface area contributed by atoms with Crippen molar-refractivity contribution in [3.05, 3.63) is 27.8 Å². The van der Waals surface area contributed by atoms with Crippen molar-refractivity contribution in [1.82, 2.24) is 4.90 Å². The van der Waals surface area contributed by atoms with E-state index in [-0.39, 0.29) is 34.3 Å². The molecule has 0 bridgehead atoms. The predicted molar refractivity (Wildman–Crippen MR) is 114 cm³/mol. The highest BCUT2D eigenvalue weighted by molar-refractivity contribution is 5.69. The third-order valence-corrected chi connectivity index (χ3v) is 5.84. The number of carbonyl (C=O) groups is 1. The molecular formula is C21H32N4O5. The van der Waals surface area contributed by atoms with Crippen molar-refractivity contribution >= 4 is 17.5 Å². The van der Waals surface area contributed by atoms with Gasteiger partial charge in [-0.2, -0.15) is 0 Å². The number of benzene rings is 1. The Labute approximate surface area is 177 Å². The Bertz CT molecular complexity index is 825. The number of rotatable bonds is 5. The van der Waals surface area contributed by atoms with Crippen LogP contribution in [0.5, 0.6) is 5.75 Å². The highest BCUT2D eigenvalue weighted by Crippen LogP contribution is 2.42. The number of hydrogen-bond acceptors (Lipinski definition) is 7. The van der Waals surface area contributed by atoms with Gasteiger partial charge in [0, 0.05) is 56.3 Å². The molecule has 3 rings (SSSR count). The standard InChI is InChI=1S/C21H32N4O5/c1-20(2,3)18(13-29-19(22)26)24-8-6-23(7-9-24)15-11-17-14(10-16(15)25(27)28)12-21(4,5)30-17/h10-11,18H,6-9,12-13H2,1-5H3,(H2,22,26). The Morgan fingerprint density at radius 3 is 2.47 bits per heavy atom. The van der Waals surface area contributed by atoms with Crippen molar-refractivity contribution < 1.29 is 19.2 Å². The molecule has 9 nitrogen and oxygen atoms in total. The second kappa shape index (κ2) is 7.94. The summed E-state index contributed by atoms with van der Waals surface area (Å²) in [6.45, 7) is 13.1. The number of primary amides is 1. The SMILES string of the molecule is CC1(C)Cc2cc([N+](=O)[O-])c(N3CCN(C(COC(N)=O)C(C)(C)C)CC3)cc2O1. The third kappa shape index (κ3) is 4.77. The Kier molecular flexibility index (Phi) is 5.86. The fourth-order valence-corrected chi connectivity index (χ4v) is 4.36. The molecule has 9 heteroatoms. The number of amides is 1. The number of nitro benzene ring substituents is 1. The Balaban J connectivity index is 1.77. The zero-order valence-electron chi connectivity index (χ0n) is 18.4. The van der Waals surface area contributed by atoms with Crippen molar-refractivity contribution in [1.29, 1.82) is 0 Å². The summed E-state index contributed by atoms with van der Waals surface area (Å²) in [5.74, 6) is 0.727. The van der Waals surface area contributed by atoms with Gasteiger partial charge in [-0.05, 0) is 19.3 Å². The van der Waals surface area contributed by atoms with Gasteiger partial charge in [0.25, 0.3) is 5.69 Å². The molecule has 1 fully saturated rings. The van der Waals surface area contributed by atoms with E-state index in [1.807, 2.05) is 24.8 Å². The number of nitrogens with two attached hydrogens (primary N) is 1. The molecule has 1 aromatic carbocycles. The number of ether oxygens (including phenoxy) is 2. The van der Waals surface area contributed by atoms with Gasteiger partial charge >= 0.3 is 6.09 Å². The normalized spacial score (nSPS) is 19.7. The van der Waals surface area contributed by atoms with Crippen LogP contribution >= 0.6 is 0 Å². The van der Waals surface area contributed by atoms with Gasteiger partial charge in [0.05, 0.1) is 4.92 Å². The minimum atomic E-state index is -0.778. The number of hydrogen-bond donors (Lipinski definition) is 1. The number of nitro groups is 1. The van der Waals surface area contributed by atoms with Crippen LogP contribution in [0.4, 0.5) is 16.2 Å². The van der Waals surface area contributed by atoms with Gasteiger partial charge in [-0.15, -0.1) is 0 Å². The van der Waals surface area contributed by atoms with E-state index in [1.165, 1.54) is 0 Å². The molecule has 1 saturated heterocycles. The van der Waals surface area contributed by atoms with Crippen LogP contribution in [0.1, 0.15) is 40.2 Å². The number of fused-ring (bicyclic) bond motifs is 1. The highest BCUT2D eigenvalue weighted by Gasteiger charge is 2.37. The van der Waals surface area contributed by atoms with Gasteiger partial charge in [0.15, 0.2) is 0 Å². The maximum Gasteiger partial charge on any atom is 0.404 e. The Morgan fingerprint density at radius 1 is 1.30 bits per heavy atom. The molecule has 1 amide bonds. The predicted octanol–water partition coefficient (Wildman–Crippen LogP) is 2.94. The van der Waals surface area contributed by atoms with Gasteiger partial charge in [-0.3, -0.25) is 15.0 Å². The molecule has 2 N–H and O–H groups in total. The maximum absolute atomic E-state index is 11.7. The molecule has 2 aliphatic rings. The molecule has 2 heterocycles. The zero-order valence-corrected chi connectivity index (χ0v) is 18.4. The van der Waals surface area contributed by atoms with Crippen molar-refractivity contribution in [2.24, 2.45) is 11.1 Å². The van der Waals surface area contributed by atoms with Gasteiger partial charge < -0.3 is 20.1 Å². The summed E-state index contributed by atoms with van der Waals surface area (Å²) in [5, 5.41) is 11.7. The first-order valence-electron chi connectivity index (χ1n) is 10.3. The molecule has 1 unspecified atom stereocenters. The Hall–Kier alpha value is -2.55. The van der Waals surface area contributed by atoms with Gasteiger partial charge in [-0.1, -0.05) is 20.8 Å². The first kappa shape index (κ1) is 22.1. The van der Waals surface area contributed by atoms with E-state index in [0.717, 1.165) is 11.3 Å². The van der Waals surface area contributed by atoms with E-state index in [9.17, 15) is 14.9 Å². The van der Waals surface area contributed by atoms with Crippen LogP contribution in [0.15, 0.2) is 12.1 Å². The molecule has 0 spiro atoms. The van der Waals surface area contributed by atoms with Gasteiger partial charge in [0.2, 0.25) is 0 Å². The molecule has 1 aromatic rings. The summed E-state index contributed by atoms with van der Waals surface area (Å²) in [6, 6.07) is 3.48. The molecule has 2 aliphatic heterocycles. The summed E-state index contributed by atoms with van der Waals surface area (Å²) in [7, 11) is 0. The van der Waals surface area contributed by atoms with Crippen LogP contribution in [-0.4, -0.2) is 60.3 Å². The third-order valence-electron chi connectivity index (χ3n) is 5.84. The van der Waals surface area contributed by atoms with Crippen LogP contribution in [-0.2, 0) is 11.2 Å². The number of carbonyl (C=O) groups excluding carboxylic acids is 1. The number of piperazine rings is 1. The zero-order chi connectivity index (χ0) is 22.3. The summed E-state index contributed by atoms with van der Waals surface area (Å²) < 4.78 is 11.1. The molecule has 166 valence electrons. The molecule has 0 saturated carbocycles. The smallest absolute Gasteiger partial charge is 0.404 e. The van der Waals surface area contributed by atoms with E-state index in [2.05, 4.69) is 25.7 Å². The van der Waals surface area contributed by atoms with Crippen LogP contribution < -0.4 is 15.4 Å². The lowest BCUT2D eigenvalue weighted by molar-refractivity contribution is -0.384. The lowest BCUT2D eigenvalue weighted by Gasteiger charge is -2.44. The summed E-state index contributed by atoms with van der Waals surface area (Å²) >= 11 is 0. The lowest BCUT2D eigenvalue weighted by atomic mass is 9.85. The minimum absolute atomic E-state index is 0.00582. The second-order valence-electron chi connectivity index (χ2n) is 9.78. The number of nitrogens with zero attached hydrogens (tertiary/aromatic N) is 3.